The molecule has 0 unspecified atom stereocenters. The molecule has 128 valence electrons. The van der Waals surface area contributed by atoms with Crippen LogP contribution >= 0.6 is 11.3 Å². The number of aryl methyl sites for hydroxylation is 1. The van der Waals surface area contributed by atoms with Gasteiger partial charge < -0.3 is 9.15 Å². The number of aromatic nitrogens is 1. The number of hydrogen-bond donors (Lipinski definition) is 0. The Bertz CT molecular complexity index is 992. The average Bonchev–Trinajstić information content (AvgIpc) is 3.17. The van der Waals surface area contributed by atoms with Gasteiger partial charge in [-0.3, -0.25) is 0 Å². The quantitative estimate of drug-likeness (QED) is 0.614. The van der Waals surface area contributed by atoms with Crippen molar-refractivity contribution >= 4 is 28.3 Å². The van der Waals surface area contributed by atoms with E-state index in [1.54, 1.807) is 13.8 Å². The normalized spacial score (nSPS) is 11.0. The van der Waals surface area contributed by atoms with Gasteiger partial charge in [0.15, 0.2) is 16.4 Å². The van der Waals surface area contributed by atoms with E-state index >= 15 is 0 Å². The summed E-state index contributed by atoms with van der Waals surface area (Å²) in [5.74, 6) is 0.489. The highest BCUT2D eigenvalue weighted by Crippen LogP contribution is 2.35. The molecule has 0 atom stereocenters. The van der Waals surface area contributed by atoms with Gasteiger partial charge in [-0.2, -0.15) is 5.26 Å². The Kier molecular flexibility index (Phi) is 4.60. The first-order valence-electron chi connectivity index (χ1n) is 8.07. The molecule has 2 heterocycles. The second-order valence-corrected chi connectivity index (χ2v) is 7.02. The van der Waals surface area contributed by atoms with E-state index in [1.165, 1.54) is 11.3 Å². The largest absolute Gasteiger partial charge is 0.462 e. The molecular weight excluding hydrogens is 336 g/mol. The van der Waals surface area contributed by atoms with Gasteiger partial charge in [-0.25, -0.2) is 9.78 Å². The van der Waals surface area contributed by atoms with Crippen LogP contribution in [0.5, 0.6) is 0 Å². The van der Waals surface area contributed by atoms with Gasteiger partial charge in [0.1, 0.15) is 10.9 Å². The van der Waals surface area contributed by atoms with Crippen LogP contribution in [0.3, 0.4) is 0 Å². The zero-order chi connectivity index (χ0) is 18.1. The highest BCUT2D eigenvalue weighted by atomic mass is 32.1. The topological polar surface area (TPSA) is 76.1 Å². The molecular formula is C19H18N2O3S. The molecule has 2 aromatic heterocycles. The molecule has 0 fully saturated rings. The van der Waals surface area contributed by atoms with Gasteiger partial charge in [-0.05, 0) is 43.5 Å². The molecule has 0 saturated heterocycles. The molecule has 3 rings (SSSR count). The number of esters is 1. The Morgan fingerprint density at radius 1 is 1.40 bits per heavy atom. The predicted octanol–water partition coefficient (Wildman–Crippen LogP) is 5.04. The molecule has 0 amide bonds. The van der Waals surface area contributed by atoms with Crippen molar-refractivity contribution in [2.75, 3.05) is 6.61 Å². The lowest BCUT2D eigenvalue weighted by atomic mass is 9.99. The molecule has 5 nitrogen and oxygen atoms in total. The van der Waals surface area contributed by atoms with Crippen molar-refractivity contribution in [3.05, 3.63) is 39.9 Å². The number of nitriles is 1. The first kappa shape index (κ1) is 17.2. The number of thiazole rings is 1. The van der Waals surface area contributed by atoms with E-state index in [2.05, 4.69) is 24.9 Å². The summed E-state index contributed by atoms with van der Waals surface area (Å²) in [6, 6.07) is 7.95. The van der Waals surface area contributed by atoms with Gasteiger partial charge in [0.25, 0.3) is 0 Å². The van der Waals surface area contributed by atoms with Crippen molar-refractivity contribution in [1.29, 1.82) is 5.26 Å². The summed E-state index contributed by atoms with van der Waals surface area (Å²) >= 11 is 1.24. The molecule has 25 heavy (non-hydrogen) atoms. The fourth-order valence-electron chi connectivity index (χ4n) is 2.59. The SMILES string of the molecule is CCOC(=O)c1sc(-c2cc3cc(C(C)C)cc(C#N)c3o2)nc1C. The second kappa shape index (κ2) is 6.69. The van der Waals surface area contributed by atoms with Gasteiger partial charge in [-0.1, -0.05) is 13.8 Å². The second-order valence-electron chi connectivity index (χ2n) is 6.02. The number of rotatable bonds is 4. The van der Waals surface area contributed by atoms with Crippen molar-refractivity contribution in [3.8, 4) is 16.8 Å². The molecule has 0 aliphatic carbocycles. The Labute approximate surface area is 149 Å². The molecule has 6 heteroatoms. The van der Waals surface area contributed by atoms with Crippen LogP contribution in [0, 0.1) is 18.3 Å². The van der Waals surface area contributed by atoms with Crippen molar-refractivity contribution < 1.29 is 13.9 Å². The highest BCUT2D eigenvalue weighted by Gasteiger charge is 2.20. The third-order valence-corrected chi connectivity index (χ3v) is 5.05. The zero-order valence-electron chi connectivity index (χ0n) is 14.5. The van der Waals surface area contributed by atoms with Crippen LogP contribution in [-0.4, -0.2) is 17.6 Å². The van der Waals surface area contributed by atoms with Crippen LogP contribution in [0.15, 0.2) is 22.6 Å². The smallest absolute Gasteiger partial charge is 0.350 e. The molecule has 0 N–H and O–H groups in total. The Hall–Kier alpha value is -2.65. The molecule has 0 radical (unpaired) electrons. The first-order chi connectivity index (χ1) is 11.9. The number of furan rings is 1. The van der Waals surface area contributed by atoms with Crippen molar-refractivity contribution in [3.63, 3.8) is 0 Å². The van der Waals surface area contributed by atoms with Crippen LogP contribution in [-0.2, 0) is 4.74 Å². The summed E-state index contributed by atoms with van der Waals surface area (Å²) in [5, 5.41) is 10.9. The van der Waals surface area contributed by atoms with E-state index < -0.39 is 0 Å². The van der Waals surface area contributed by atoms with Crippen LogP contribution < -0.4 is 0 Å². The summed E-state index contributed by atoms with van der Waals surface area (Å²) < 4.78 is 10.9. The lowest BCUT2D eigenvalue weighted by molar-refractivity contribution is 0.0531. The highest BCUT2D eigenvalue weighted by molar-refractivity contribution is 7.17. The van der Waals surface area contributed by atoms with Gasteiger partial charge in [0.05, 0.1) is 17.9 Å². The molecule has 0 bridgehead atoms. The maximum absolute atomic E-state index is 12.0. The predicted molar refractivity (Wildman–Crippen MR) is 96.8 cm³/mol. The monoisotopic (exact) mass is 354 g/mol. The minimum atomic E-state index is -0.375. The Balaban J connectivity index is 2.10. The Morgan fingerprint density at radius 3 is 2.80 bits per heavy atom. The fourth-order valence-corrected chi connectivity index (χ4v) is 3.50. The van der Waals surface area contributed by atoms with Gasteiger partial charge in [0.2, 0.25) is 0 Å². The third-order valence-electron chi connectivity index (χ3n) is 3.89. The number of nitrogens with zero attached hydrogens (tertiary/aromatic N) is 2. The van der Waals surface area contributed by atoms with Crippen LogP contribution in [0.2, 0.25) is 0 Å². The van der Waals surface area contributed by atoms with Crippen molar-refractivity contribution in [2.45, 2.75) is 33.6 Å². The van der Waals surface area contributed by atoms with Crippen molar-refractivity contribution in [1.82, 2.24) is 4.98 Å². The summed E-state index contributed by atoms with van der Waals surface area (Å²) in [4.78, 5) is 16.9. The van der Waals surface area contributed by atoms with Gasteiger partial charge in [-0.15, -0.1) is 11.3 Å². The average molecular weight is 354 g/mol. The molecule has 1 aromatic carbocycles. The summed E-state index contributed by atoms with van der Waals surface area (Å²) in [7, 11) is 0. The molecule has 3 aromatic rings. The molecule has 0 saturated carbocycles. The zero-order valence-corrected chi connectivity index (χ0v) is 15.4. The summed E-state index contributed by atoms with van der Waals surface area (Å²) in [6.07, 6.45) is 0. The molecule has 0 spiro atoms. The number of hydrogen-bond acceptors (Lipinski definition) is 6. The standard InChI is InChI=1S/C19H18N2O3S/c1-5-23-19(22)17-11(4)21-18(25-17)15-8-13-6-12(10(2)3)7-14(9-20)16(13)24-15/h6-8,10H,5H2,1-4H3. The first-order valence-corrected chi connectivity index (χ1v) is 8.88. The number of benzene rings is 1. The lowest BCUT2D eigenvalue weighted by Gasteiger charge is -2.05. The van der Waals surface area contributed by atoms with E-state index in [9.17, 15) is 10.1 Å². The Morgan fingerprint density at radius 2 is 2.16 bits per heavy atom. The fraction of sp³-hybridized carbons (Fsp3) is 0.316. The third kappa shape index (κ3) is 3.15. The van der Waals surface area contributed by atoms with Crippen molar-refractivity contribution in [2.24, 2.45) is 0 Å². The lowest BCUT2D eigenvalue weighted by Crippen LogP contribution is -2.03. The minimum Gasteiger partial charge on any atom is -0.462 e. The van der Waals surface area contributed by atoms with E-state index in [0.717, 1.165) is 10.9 Å². The van der Waals surface area contributed by atoms with Crippen LogP contribution in [0.1, 0.15) is 53.2 Å². The van der Waals surface area contributed by atoms with E-state index in [4.69, 9.17) is 9.15 Å². The van der Waals surface area contributed by atoms with Gasteiger partial charge >= 0.3 is 5.97 Å². The summed E-state index contributed by atoms with van der Waals surface area (Å²) in [6.45, 7) is 8.02. The van der Waals surface area contributed by atoms with Crippen LogP contribution in [0.4, 0.5) is 0 Å². The maximum Gasteiger partial charge on any atom is 0.350 e. The van der Waals surface area contributed by atoms with Gasteiger partial charge in [0, 0.05) is 5.39 Å². The van der Waals surface area contributed by atoms with E-state index in [-0.39, 0.29) is 5.97 Å². The number of fused-ring (bicyclic) bond motifs is 1. The number of carbonyl (C=O) groups is 1. The molecule has 0 aliphatic rings. The summed E-state index contributed by atoms with van der Waals surface area (Å²) in [5.41, 5.74) is 2.75. The maximum atomic E-state index is 12.0. The van der Waals surface area contributed by atoms with E-state index in [1.807, 2.05) is 18.2 Å². The van der Waals surface area contributed by atoms with E-state index in [0.29, 0.717) is 45.0 Å². The minimum absolute atomic E-state index is 0.312. The molecule has 0 aliphatic heterocycles. The number of ether oxygens (including phenoxy) is 1. The van der Waals surface area contributed by atoms with Crippen LogP contribution in [0.25, 0.3) is 21.7 Å². The number of carbonyl (C=O) groups excluding carboxylic acids is 1.